The lowest BCUT2D eigenvalue weighted by Gasteiger charge is -2.29. The molecule has 0 fully saturated rings. The molecule has 0 aliphatic carbocycles. The van der Waals surface area contributed by atoms with Crippen molar-refractivity contribution in [2.24, 2.45) is 0 Å². The first-order chi connectivity index (χ1) is 13.4. The fourth-order valence-corrected chi connectivity index (χ4v) is 3.76. The second-order valence-corrected chi connectivity index (χ2v) is 7.35. The fourth-order valence-electron chi connectivity index (χ4n) is 3.23. The number of rotatable bonds is 5. The molecule has 0 saturated carbocycles. The van der Waals surface area contributed by atoms with Crippen molar-refractivity contribution in [3.05, 3.63) is 52.0 Å². The van der Waals surface area contributed by atoms with Gasteiger partial charge in [-0.1, -0.05) is 6.07 Å². The number of fused-ring (bicyclic) bond motifs is 1. The molecule has 1 heterocycles. The van der Waals surface area contributed by atoms with Gasteiger partial charge in [-0.25, -0.2) is 4.79 Å². The topological polar surface area (TPSA) is 78.3 Å². The van der Waals surface area contributed by atoms with Gasteiger partial charge in [-0.05, 0) is 60.1 Å². The molecule has 3 rings (SSSR count). The van der Waals surface area contributed by atoms with E-state index >= 15 is 0 Å². The van der Waals surface area contributed by atoms with Crippen molar-refractivity contribution in [1.29, 1.82) is 5.26 Å². The summed E-state index contributed by atoms with van der Waals surface area (Å²) in [7, 11) is 2.97. The molecule has 6 nitrogen and oxygen atoms in total. The van der Waals surface area contributed by atoms with Crippen LogP contribution in [0.1, 0.15) is 29.8 Å². The Kier molecular flexibility index (Phi) is 5.61. The van der Waals surface area contributed by atoms with Crippen LogP contribution in [0.3, 0.4) is 0 Å². The van der Waals surface area contributed by atoms with Crippen LogP contribution in [0.25, 0.3) is 10.9 Å². The first-order valence-electron chi connectivity index (χ1n) is 8.68. The standard InChI is InChI=1S/C21H20BrN3O3/c1-12(2)25(14-6-8-18(27-3)16(22)10-14)20-19(21(26)28-4)15-7-5-13(11-23)9-17(15)24-20/h5-10,12,24H,1-4H3. The number of benzene rings is 2. The summed E-state index contributed by atoms with van der Waals surface area (Å²) in [5.74, 6) is 0.893. The Morgan fingerprint density at radius 1 is 1.21 bits per heavy atom. The highest BCUT2D eigenvalue weighted by Gasteiger charge is 2.26. The van der Waals surface area contributed by atoms with Crippen LogP contribution in [0.15, 0.2) is 40.9 Å². The molecule has 0 atom stereocenters. The average Bonchev–Trinajstić information content (AvgIpc) is 3.05. The highest BCUT2D eigenvalue weighted by molar-refractivity contribution is 9.10. The lowest BCUT2D eigenvalue weighted by Crippen LogP contribution is -2.27. The van der Waals surface area contributed by atoms with Gasteiger partial charge >= 0.3 is 5.97 Å². The van der Waals surface area contributed by atoms with Gasteiger partial charge in [-0.15, -0.1) is 0 Å². The van der Waals surface area contributed by atoms with Gasteiger partial charge in [0.15, 0.2) is 0 Å². The molecule has 0 aliphatic rings. The Hall–Kier alpha value is -2.98. The molecule has 0 amide bonds. The third kappa shape index (κ3) is 3.43. The van der Waals surface area contributed by atoms with Crippen LogP contribution in [0.4, 0.5) is 11.5 Å². The Balaban J connectivity index is 2.27. The zero-order valence-electron chi connectivity index (χ0n) is 16.0. The Morgan fingerprint density at radius 3 is 2.54 bits per heavy atom. The molecule has 0 aliphatic heterocycles. The second kappa shape index (κ2) is 7.95. The third-order valence-electron chi connectivity index (χ3n) is 4.47. The van der Waals surface area contributed by atoms with Crippen molar-refractivity contribution in [3.8, 4) is 11.8 Å². The summed E-state index contributed by atoms with van der Waals surface area (Å²) in [6.07, 6.45) is 0. The van der Waals surface area contributed by atoms with Gasteiger partial charge in [0, 0.05) is 22.6 Å². The molecule has 0 radical (unpaired) electrons. The van der Waals surface area contributed by atoms with Crippen molar-refractivity contribution >= 4 is 44.3 Å². The minimum Gasteiger partial charge on any atom is -0.496 e. The number of aromatic nitrogens is 1. The molecular weight excluding hydrogens is 422 g/mol. The Morgan fingerprint density at radius 2 is 1.96 bits per heavy atom. The molecule has 3 aromatic rings. The van der Waals surface area contributed by atoms with E-state index in [4.69, 9.17) is 9.47 Å². The molecule has 0 unspecified atom stereocenters. The molecule has 0 bridgehead atoms. The highest BCUT2D eigenvalue weighted by Crippen LogP contribution is 2.38. The average molecular weight is 442 g/mol. The van der Waals surface area contributed by atoms with E-state index in [0.717, 1.165) is 15.9 Å². The van der Waals surface area contributed by atoms with Crippen molar-refractivity contribution in [2.75, 3.05) is 19.1 Å². The zero-order valence-corrected chi connectivity index (χ0v) is 17.6. The van der Waals surface area contributed by atoms with Gasteiger partial charge in [0.1, 0.15) is 17.1 Å². The monoisotopic (exact) mass is 441 g/mol. The summed E-state index contributed by atoms with van der Waals surface area (Å²) < 4.78 is 11.2. The fraction of sp³-hybridized carbons (Fsp3) is 0.238. The molecule has 1 aromatic heterocycles. The SMILES string of the molecule is COC(=O)c1c(N(c2ccc(OC)c(Br)c2)C(C)C)[nH]c2cc(C#N)ccc12. The first-order valence-corrected chi connectivity index (χ1v) is 9.47. The number of halogens is 1. The maximum Gasteiger partial charge on any atom is 0.342 e. The number of nitriles is 1. The van der Waals surface area contributed by atoms with Crippen molar-refractivity contribution < 1.29 is 14.3 Å². The summed E-state index contributed by atoms with van der Waals surface area (Å²) in [5.41, 5.74) is 2.52. The third-order valence-corrected chi connectivity index (χ3v) is 5.09. The second-order valence-electron chi connectivity index (χ2n) is 6.49. The van der Waals surface area contributed by atoms with Crippen LogP contribution < -0.4 is 9.64 Å². The van der Waals surface area contributed by atoms with Crippen LogP contribution in [0.2, 0.25) is 0 Å². The molecule has 2 aromatic carbocycles. The number of ether oxygens (including phenoxy) is 2. The number of carbonyl (C=O) groups excluding carboxylic acids is 1. The zero-order chi connectivity index (χ0) is 20.4. The number of nitrogens with zero attached hydrogens (tertiary/aromatic N) is 2. The summed E-state index contributed by atoms with van der Waals surface area (Å²) in [6, 6.07) is 13.1. The maximum absolute atomic E-state index is 12.6. The van der Waals surface area contributed by atoms with Crippen LogP contribution in [-0.4, -0.2) is 31.2 Å². The molecule has 7 heteroatoms. The minimum absolute atomic E-state index is 0.0344. The van der Waals surface area contributed by atoms with Crippen molar-refractivity contribution in [3.63, 3.8) is 0 Å². The van der Waals surface area contributed by atoms with Crippen LogP contribution >= 0.6 is 15.9 Å². The van der Waals surface area contributed by atoms with Crippen LogP contribution in [0.5, 0.6) is 5.75 Å². The Labute approximate surface area is 171 Å². The van der Waals surface area contributed by atoms with E-state index < -0.39 is 5.97 Å². The summed E-state index contributed by atoms with van der Waals surface area (Å²) in [6.45, 7) is 4.07. The molecule has 0 saturated heterocycles. The van der Waals surface area contributed by atoms with Crippen LogP contribution in [0, 0.1) is 11.3 Å². The summed E-state index contributed by atoms with van der Waals surface area (Å²) in [5, 5.41) is 9.91. The van der Waals surface area contributed by atoms with Gasteiger partial charge in [0.2, 0.25) is 0 Å². The van der Waals surface area contributed by atoms with Crippen molar-refractivity contribution in [1.82, 2.24) is 4.98 Å². The number of hydrogen-bond acceptors (Lipinski definition) is 5. The number of methoxy groups -OCH3 is 2. The van der Waals surface area contributed by atoms with Gasteiger partial charge in [-0.2, -0.15) is 5.26 Å². The molecule has 0 spiro atoms. The number of H-pyrrole nitrogens is 1. The lowest BCUT2D eigenvalue weighted by molar-refractivity contribution is 0.0604. The van der Waals surface area contributed by atoms with Crippen molar-refractivity contribution in [2.45, 2.75) is 19.9 Å². The number of nitrogens with one attached hydrogen (secondary N) is 1. The number of esters is 1. The van der Waals surface area contributed by atoms with E-state index in [9.17, 15) is 10.1 Å². The number of carbonyl (C=O) groups is 1. The van der Waals surface area contributed by atoms with E-state index in [1.54, 1.807) is 25.3 Å². The summed E-state index contributed by atoms with van der Waals surface area (Å²) >= 11 is 3.52. The maximum atomic E-state index is 12.6. The van der Waals surface area contributed by atoms with Gasteiger partial charge in [-0.3, -0.25) is 0 Å². The largest absolute Gasteiger partial charge is 0.496 e. The van der Waals surface area contributed by atoms with E-state index in [0.29, 0.717) is 27.8 Å². The lowest BCUT2D eigenvalue weighted by atomic mass is 10.1. The molecular formula is C21H20BrN3O3. The van der Waals surface area contributed by atoms with E-state index in [-0.39, 0.29) is 6.04 Å². The quantitative estimate of drug-likeness (QED) is 0.554. The minimum atomic E-state index is -0.441. The number of hydrogen-bond donors (Lipinski definition) is 1. The predicted octanol–water partition coefficient (Wildman–Crippen LogP) is 5.14. The normalized spacial score (nSPS) is 10.8. The van der Waals surface area contributed by atoms with E-state index in [1.165, 1.54) is 7.11 Å². The first kappa shape index (κ1) is 19.8. The van der Waals surface area contributed by atoms with E-state index in [1.807, 2.05) is 36.9 Å². The van der Waals surface area contributed by atoms with Gasteiger partial charge < -0.3 is 19.4 Å². The summed E-state index contributed by atoms with van der Waals surface area (Å²) in [4.78, 5) is 18.0. The number of anilines is 2. The molecule has 144 valence electrons. The number of aromatic amines is 1. The molecule has 1 N–H and O–H groups in total. The smallest absolute Gasteiger partial charge is 0.342 e. The van der Waals surface area contributed by atoms with Gasteiger partial charge in [0.05, 0.1) is 30.3 Å². The predicted molar refractivity (Wildman–Crippen MR) is 112 cm³/mol. The molecule has 28 heavy (non-hydrogen) atoms. The highest BCUT2D eigenvalue weighted by atomic mass is 79.9. The van der Waals surface area contributed by atoms with E-state index in [2.05, 4.69) is 27.0 Å². The van der Waals surface area contributed by atoms with Gasteiger partial charge in [0.25, 0.3) is 0 Å². The Bertz CT molecular complexity index is 1080. The van der Waals surface area contributed by atoms with Crippen LogP contribution in [-0.2, 0) is 4.74 Å².